The van der Waals surface area contributed by atoms with E-state index in [4.69, 9.17) is 17.4 Å². The smallest absolute Gasteiger partial charge is 0.0621 e. The molecular weight excluding hydrogens is 266 g/mol. The molecule has 1 atom stereocenters. The summed E-state index contributed by atoms with van der Waals surface area (Å²) in [5.41, 5.74) is 4.01. The van der Waals surface area contributed by atoms with E-state index in [0.29, 0.717) is 0 Å². The Hall–Kier alpha value is -0.290. The molecule has 100 valence electrons. The number of nitrogens with one attached hydrogen (secondary N) is 1. The van der Waals surface area contributed by atoms with Crippen LogP contribution in [0.5, 0.6) is 0 Å². The number of pyridine rings is 1. The van der Waals surface area contributed by atoms with Gasteiger partial charge in [-0.1, -0.05) is 24.4 Å². The maximum atomic E-state index is 6.11. The van der Waals surface area contributed by atoms with Crippen molar-refractivity contribution >= 4 is 23.4 Å². The van der Waals surface area contributed by atoms with E-state index >= 15 is 0 Å². The first-order valence-electron chi connectivity index (χ1n) is 6.45. The Labute approximate surface area is 118 Å². The lowest BCUT2D eigenvalue weighted by atomic mass is 10.1. The fourth-order valence-corrected chi connectivity index (χ4v) is 3.89. The molecule has 0 amide bonds. The first-order valence-corrected chi connectivity index (χ1v) is 7.88. The molecule has 5 heteroatoms. The second-order valence-corrected chi connectivity index (χ2v) is 6.52. The monoisotopic (exact) mass is 285 g/mol. The van der Waals surface area contributed by atoms with E-state index in [1.54, 1.807) is 12.4 Å². The van der Waals surface area contributed by atoms with Crippen molar-refractivity contribution in [3.8, 4) is 0 Å². The quantitative estimate of drug-likeness (QED) is 0.623. The van der Waals surface area contributed by atoms with E-state index in [1.807, 2.05) is 17.8 Å². The molecule has 2 rings (SSSR count). The summed E-state index contributed by atoms with van der Waals surface area (Å²) in [7, 11) is 0. The van der Waals surface area contributed by atoms with Crippen molar-refractivity contribution in [2.75, 3.05) is 5.75 Å². The van der Waals surface area contributed by atoms with Gasteiger partial charge in [-0.2, -0.15) is 11.8 Å². The summed E-state index contributed by atoms with van der Waals surface area (Å²) in [6.45, 7) is 0. The molecule has 1 aromatic rings. The topological polar surface area (TPSA) is 50.9 Å². The third kappa shape index (κ3) is 4.12. The number of rotatable bonds is 6. The molecule has 0 radical (unpaired) electrons. The first kappa shape index (κ1) is 14.1. The number of nitrogens with two attached hydrogens (primary N) is 1. The van der Waals surface area contributed by atoms with E-state index in [2.05, 4.69) is 10.4 Å². The van der Waals surface area contributed by atoms with Crippen LogP contribution in [0.15, 0.2) is 18.5 Å². The lowest BCUT2D eigenvalue weighted by Crippen LogP contribution is -2.39. The predicted molar refractivity (Wildman–Crippen MR) is 78.8 cm³/mol. The molecule has 1 saturated carbocycles. The van der Waals surface area contributed by atoms with Gasteiger partial charge in [0.25, 0.3) is 0 Å². The van der Waals surface area contributed by atoms with Gasteiger partial charge in [0.2, 0.25) is 0 Å². The standard InChI is InChI=1S/C13H20ClN3S/c14-13-8-16-6-5-10(13)7-11(17-15)9-18-12-3-1-2-4-12/h5-6,8,11-12,17H,1-4,7,9,15H2. The van der Waals surface area contributed by atoms with Crippen LogP contribution >= 0.6 is 23.4 Å². The fourth-order valence-electron chi connectivity index (χ4n) is 2.31. The van der Waals surface area contributed by atoms with Crippen LogP contribution in [-0.4, -0.2) is 22.0 Å². The van der Waals surface area contributed by atoms with Crippen molar-refractivity contribution in [2.45, 2.75) is 43.4 Å². The van der Waals surface area contributed by atoms with Crippen LogP contribution in [0.4, 0.5) is 0 Å². The number of hydrogen-bond donors (Lipinski definition) is 2. The predicted octanol–water partition coefficient (Wildman–Crippen LogP) is 2.79. The van der Waals surface area contributed by atoms with E-state index in [9.17, 15) is 0 Å². The van der Waals surface area contributed by atoms with Gasteiger partial charge in [0.05, 0.1) is 5.02 Å². The summed E-state index contributed by atoms with van der Waals surface area (Å²) >= 11 is 8.16. The van der Waals surface area contributed by atoms with Crippen LogP contribution in [0.2, 0.25) is 5.02 Å². The zero-order valence-corrected chi connectivity index (χ0v) is 12.0. The van der Waals surface area contributed by atoms with Crippen molar-refractivity contribution in [1.29, 1.82) is 0 Å². The van der Waals surface area contributed by atoms with Crippen LogP contribution in [0.3, 0.4) is 0 Å². The second kappa shape index (κ2) is 7.34. The van der Waals surface area contributed by atoms with Crippen LogP contribution < -0.4 is 11.3 Å². The maximum absolute atomic E-state index is 6.11. The average Bonchev–Trinajstić information content (AvgIpc) is 2.90. The molecule has 0 spiro atoms. The molecule has 1 heterocycles. The normalized spacial score (nSPS) is 18.1. The Bertz CT molecular complexity index is 369. The molecule has 0 saturated heterocycles. The highest BCUT2D eigenvalue weighted by Crippen LogP contribution is 2.30. The number of hydrazine groups is 1. The fraction of sp³-hybridized carbons (Fsp3) is 0.615. The molecule has 0 bridgehead atoms. The summed E-state index contributed by atoms with van der Waals surface area (Å²) < 4.78 is 0. The summed E-state index contributed by atoms with van der Waals surface area (Å²) in [4.78, 5) is 4.00. The third-order valence-corrected chi connectivity index (χ3v) is 5.27. The van der Waals surface area contributed by atoms with Crippen LogP contribution in [0, 0.1) is 0 Å². The number of nitrogens with zero attached hydrogens (tertiary/aromatic N) is 1. The Balaban J connectivity index is 1.83. The van der Waals surface area contributed by atoms with Gasteiger partial charge in [-0.25, -0.2) is 0 Å². The minimum atomic E-state index is 0.274. The number of aromatic nitrogens is 1. The number of thioether (sulfide) groups is 1. The summed E-state index contributed by atoms with van der Waals surface area (Å²) in [6.07, 6.45) is 9.81. The van der Waals surface area contributed by atoms with Crippen molar-refractivity contribution in [2.24, 2.45) is 5.84 Å². The molecule has 3 N–H and O–H groups in total. The van der Waals surface area contributed by atoms with Crippen molar-refractivity contribution in [3.63, 3.8) is 0 Å². The van der Waals surface area contributed by atoms with Crippen molar-refractivity contribution < 1.29 is 0 Å². The van der Waals surface area contributed by atoms with Crippen LogP contribution in [0.25, 0.3) is 0 Å². The summed E-state index contributed by atoms with van der Waals surface area (Å²) in [5, 5.41) is 1.55. The first-order chi connectivity index (χ1) is 8.79. The lowest BCUT2D eigenvalue weighted by Gasteiger charge is -2.18. The van der Waals surface area contributed by atoms with Crippen molar-refractivity contribution in [3.05, 3.63) is 29.0 Å². The number of halogens is 1. The Morgan fingerprint density at radius 2 is 2.28 bits per heavy atom. The van der Waals surface area contributed by atoms with E-state index in [-0.39, 0.29) is 6.04 Å². The van der Waals surface area contributed by atoms with E-state index < -0.39 is 0 Å². The molecule has 3 nitrogen and oxygen atoms in total. The molecule has 1 aliphatic carbocycles. The lowest BCUT2D eigenvalue weighted by molar-refractivity contribution is 0.574. The van der Waals surface area contributed by atoms with Gasteiger partial charge in [0.1, 0.15) is 0 Å². The van der Waals surface area contributed by atoms with Gasteiger partial charge >= 0.3 is 0 Å². The molecular formula is C13H20ClN3S. The van der Waals surface area contributed by atoms with Gasteiger partial charge < -0.3 is 0 Å². The van der Waals surface area contributed by atoms with Gasteiger partial charge in [-0.15, -0.1) is 0 Å². The van der Waals surface area contributed by atoms with Gasteiger partial charge in [0.15, 0.2) is 0 Å². The van der Waals surface area contributed by atoms with Gasteiger partial charge in [0, 0.05) is 29.4 Å². The molecule has 18 heavy (non-hydrogen) atoms. The minimum Gasteiger partial charge on any atom is -0.271 e. The Morgan fingerprint density at radius 1 is 1.50 bits per heavy atom. The average molecular weight is 286 g/mol. The van der Waals surface area contributed by atoms with E-state index in [1.165, 1.54) is 25.7 Å². The number of hydrogen-bond acceptors (Lipinski definition) is 4. The van der Waals surface area contributed by atoms with Crippen LogP contribution in [-0.2, 0) is 6.42 Å². The Morgan fingerprint density at radius 3 is 2.94 bits per heavy atom. The molecule has 1 aliphatic rings. The zero-order chi connectivity index (χ0) is 12.8. The minimum absolute atomic E-state index is 0.274. The highest BCUT2D eigenvalue weighted by atomic mass is 35.5. The molecule has 0 aliphatic heterocycles. The van der Waals surface area contributed by atoms with Crippen LogP contribution in [0.1, 0.15) is 31.2 Å². The highest BCUT2D eigenvalue weighted by molar-refractivity contribution is 7.99. The summed E-state index contributed by atoms with van der Waals surface area (Å²) in [6, 6.07) is 2.24. The second-order valence-electron chi connectivity index (χ2n) is 4.77. The van der Waals surface area contributed by atoms with Gasteiger partial charge in [-0.05, 0) is 30.9 Å². The maximum Gasteiger partial charge on any atom is 0.0621 e. The Kier molecular flexibility index (Phi) is 5.76. The zero-order valence-electron chi connectivity index (χ0n) is 10.4. The largest absolute Gasteiger partial charge is 0.271 e. The third-order valence-electron chi connectivity index (χ3n) is 3.39. The summed E-state index contributed by atoms with van der Waals surface area (Å²) in [5.74, 6) is 6.67. The van der Waals surface area contributed by atoms with E-state index in [0.717, 1.165) is 28.0 Å². The molecule has 1 unspecified atom stereocenters. The molecule has 0 aromatic carbocycles. The van der Waals surface area contributed by atoms with Crippen molar-refractivity contribution in [1.82, 2.24) is 10.4 Å². The molecule has 1 aromatic heterocycles. The SMILES string of the molecule is NNC(CSC1CCCC1)Cc1ccncc1Cl. The highest BCUT2D eigenvalue weighted by Gasteiger charge is 2.18. The molecule has 1 fully saturated rings. The van der Waals surface area contributed by atoms with Gasteiger partial charge in [-0.3, -0.25) is 16.3 Å².